The van der Waals surface area contributed by atoms with E-state index in [1.165, 1.54) is 17.1 Å². The summed E-state index contributed by atoms with van der Waals surface area (Å²) in [6.07, 6.45) is -2.36. The molecule has 4 nitrogen and oxygen atoms in total. The normalized spacial score (nSPS) is 11.6. The predicted molar refractivity (Wildman–Crippen MR) is 80.0 cm³/mol. The number of anilines is 1. The van der Waals surface area contributed by atoms with Crippen LogP contribution in [0, 0.1) is 0 Å². The number of rotatable bonds is 3. The fourth-order valence-electron chi connectivity index (χ4n) is 2.32. The van der Waals surface area contributed by atoms with E-state index in [4.69, 9.17) is 0 Å². The average Bonchev–Trinajstić information content (AvgIpc) is 2.94. The van der Waals surface area contributed by atoms with E-state index in [1.807, 2.05) is 42.5 Å². The van der Waals surface area contributed by atoms with Gasteiger partial charge in [-0.2, -0.15) is 18.3 Å². The van der Waals surface area contributed by atoms with Crippen LogP contribution in [0.25, 0.3) is 10.8 Å². The molecule has 118 valence electrons. The molecule has 0 saturated heterocycles. The topological polar surface area (TPSA) is 46.9 Å². The van der Waals surface area contributed by atoms with Crippen molar-refractivity contribution in [1.82, 2.24) is 9.78 Å². The lowest BCUT2D eigenvalue weighted by atomic mass is 10.0. The number of hydrogen-bond acceptors (Lipinski definition) is 2. The van der Waals surface area contributed by atoms with E-state index in [0.717, 1.165) is 16.3 Å². The number of halogens is 3. The first kappa shape index (κ1) is 15.1. The highest BCUT2D eigenvalue weighted by Crippen LogP contribution is 2.21. The van der Waals surface area contributed by atoms with Crippen LogP contribution in [0.15, 0.2) is 54.9 Å². The zero-order chi connectivity index (χ0) is 16.4. The largest absolute Gasteiger partial charge is 0.471 e. The molecule has 3 aromatic rings. The third-order valence-corrected chi connectivity index (χ3v) is 3.36. The van der Waals surface area contributed by atoms with Crippen LogP contribution in [0.1, 0.15) is 5.56 Å². The summed E-state index contributed by atoms with van der Waals surface area (Å²) in [6, 6.07) is 13.6. The summed E-state index contributed by atoms with van der Waals surface area (Å²) >= 11 is 0. The number of fused-ring (bicyclic) bond motifs is 1. The summed E-state index contributed by atoms with van der Waals surface area (Å²) in [4.78, 5) is 10.9. The van der Waals surface area contributed by atoms with E-state index in [1.54, 1.807) is 5.32 Å². The van der Waals surface area contributed by atoms with Crippen molar-refractivity contribution in [3.63, 3.8) is 0 Å². The third kappa shape index (κ3) is 3.33. The molecule has 23 heavy (non-hydrogen) atoms. The predicted octanol–water partition coefficient (Wildman–Crippen LogP) is 3.59. The maximum Gasteiger partial charge on any atom is 0.471 e. The molecule has 0 radical (unpaired) electrons. The molecule has 1 amide bonds. The van der Waals surface area contributed by atoms with E-state index < -0.39 is 12.1 Å². The molecule has 1 N–H and O–H groups in total. The fourth-order valence-corrected chi connectivity index (χ4v) is 2.32. The highest BCUT2D eigenvalue weighted by molar-refractivity contribution is 5.94. The van der Waals surface area contributed by atoms with E-state index in [0.29, 0.717) is 6.54 Å². The third-order valence-electron chi connectivity index (χ3n) is 3.36. The van der Waals surface area contributed by atoms with Gasteiger partial charge in [0, 0.05) is 6.20 Å². The van der Waals surface area contributed by atoms with Crippen LogP contribution in [0.4, 0.5) is 18.9 Å². The van der Waals surface area contributed by atoms with Crippen molar-refractivity contribution < 1.29 is 18.0 Å². The fraction of sp³-hybridized carbons (Fsp3) is 0.125. The first-order valence-electron chi connectivity index (χ1n) is 6.81. The summed E-state index contributed by atoms with van der Waals surface area (Å²) < 4.78 is 38.2. The van der Waals surface area contributed by atoms with Gasteiger partial charge in [-0.1, -0.05) is 42.5 Å². The Balaban J connectivity index is 1.80. The van der Waals surface area contributed by atoms with Crippen LogP contribution in [-0.2, 0) is 11.3 Å². The Morgan fingerprint density at radius 3 is 2.65 bits per heavy atom. The van der Waals surface area contributed by atoms with Crippen LogP contribution >= 0.6 is 0 Å². The van der Waals surface area contributed by atoms with Gasteiger partial charge in [0.1, 0.15) is 0 Å². The second kappa shape index (κ2) is 5.75. The molecular formula is C16H12F3N3O. The summed E-state index contributed by atoms with van der Waals surface area (Å²) in [6.45, 7) is 0.392. The van der Waals surface area contributed by atoms with Crippen molar-refractivity contribution in [3.8, 4) is 0 Å². The average molecular weight is 319 g/mol. The van der Waals surface area contributed by atoms with Crippen LogP contribution in [0.5, 0.6) is 0 Å². The van der Waals surface area contributed by atoms with Crippen LogP contribution in [-0.4, -0.2) is 21.9 Å². The van der Waals surface area contributed by atoms with Crippen molar-refractivity contribution in [2.45, 2.75) is 12.7 Å². The molecule has 3 rings (SSSR count). The quantitative estimate of drug-likeness (QED) is 0.802. The van der Waals surface area contributed by atoms with Gasteiger partial charge < -0.3 is 5.32 Å². The molecule has 0 aliphatic carbocycles. The van der Waals surface area contributed by atoms with Crippen molar-refractivity contribution in [1.29, 1.82) is 0 Å². The Morgan fingerprint density at radius 2 is 1.87 bits per heavy atom. The van der Waals surface area contributed by atoms with Gasteiger partial charge in [0.05, 0.1) is 18.4 Å². The molecule has 0 aliphatic heterocycles. The van der Waals surface area contributed by atoms with Gasteiger partial charge in [-0.25, -0.2) is 0 Å². The number of aromatic nitrogens is 2. The zero-order valence-corrected chi connectivity index (χ0v) is 11.8. The number of nitrogens with zero attached hydrogens (tertiary/aromatic N) is 2. The van der Waals surface area contributed by atoms with Gasteiger partial charge in [0.25, 0.3) is 0 Å². The molecular weight excluding hydrogens is 307 g/mol. The van der Waals surface area contributed by atoms with Gasteiger partial charge in [-0.3, -0.25) is 9.48 Å². The van der Waals surface area contributed by atoms with Gasteiger partial charge in [-0.15, -0.1) is 0 Å². The SMILES string of the molecule is O=C(Nc1cnn(Cc2cccc3ccccc23)c1)C(F)(F)F. The van der Waals surface area contributed by atoms with E-state index in [2.05, 4.69) is 5.10 Å². The Bertz CT molecular complexity index is 850. The Morgan fingerprint density at radius 1 is 1.13 bits per heavy atom. The molecule has 0 spiro atoms. The highest BCUT2D eigenvalue weighted by atomic mass is 19.4. The lowest BCUT2D eigenvalue weighted by Gasteiger charge is -2.07. The number of benzene rings is 2. The monoisotopic (exact) mass is 319 g/mol. The van der Waals surface area contributed by atoms with Gasteiger partial charge >= 0.3 is 12.1 Å². The molecule has 0 aliphatic rings. The van der Waals surface area contributed by atoms with Crippen LogP contribution < -0.4 is 5.32 Å². The molecule has 7 heteroatoms. The van der Waals surface area contributed by atoms with E-state index in [9.17, 15) is 18.0 Å². The van der Waals surface area contributed by atoms with Crippen molar-refractivity contribution in [2.24, 2.45) is 0 Å². The summed E-state index contributed by atoms with van der Waals surface area (Å²) in [5.41, 5.74) is 0.993. The summed E-state index contributed by atoms with van der Waals surface area (Å²) in [5, 5.41) is 7.89. The summed E-state index contributed by atoms with van der Waals surface area (Å²) in [7, 11) is 0. The molecule has 1 aromatic heterocycles. The minimum absolute atomic E-state index is 0.00700. The molecule has 0 unspecified atom stereocenters. The first-order valence-corrected chi connectivity index (χ1v) is 6.81. The van der Waals surface area contributed by atoms with Crippen molar-refractivity contribution >= 4 is 22.4 Å². The Labute approximate surface area is 129 Å². The zero-order valence-electron chi connectivity index (χ0n) is 11.8. The molecule has 2 aromatic carbocycles. The standard InChI is InChI=1S/C16H12F3N3O/c17-16(18,19)15(23)21-13-8-20-22(10-13)9-12-6-3-5-11-4-1-2-7-14(11)12/h1-8,10H,9H2,(H,21,23). The van der Waals surface area contributed by atoms with Crippen LogP contribution in [0.3, 0.4) is 0 Å². The maximum atomic E-state index is 12.2. The van der Waals surface area contributed by atoms with Crippen LogP contribution in [0.2, 0.25) is 0 Å². The minimum atomic E-state index is -4.92. The summed E-state index contributed by atoms with van der Waals surface area (Å²) in [5.74, 6) is -2.01. The lowest BCUT2D eigenvalue weighted by Crippen LogP contribution is -2.29. The first-order chi connectivity index (χ1) is 10.9. The highest BCUT2D eigenvalue weighted by Gasteiger charge is 2.38. The Kier molecular flexibility index (Phi) is 3.77. The molecule has 0 saturated carbocycles. The van der Waals surface area contributed by atoms with E-state index >= 15 is 0 Å². The van der Waals surface area contributed by atoms with Crippen molar-refractivity contribution in [2.75, 3.05) is 5.32 Å². The van der Waals surface area contributed by atoms with Gasteiger partial charge in [0.2, 0.25) is 0 Å². The number of hydrogen-bond donors (Lipinski definition) is 1. The molecule has 0 fully saturated rings. The van der Waals surface area contributed by atoms with Gasteiger partial charge in [0.15, 0.2) is 0 Å². The second-order valence-electron chi connectivity index (χ2n) is 5.02. The Hall–Kier alpha value is -2.83. The minimum Gasteiger partial charge on any atom is -0.316 e. The maximum absolute atomic E-state index is 12.2. The number of carbonyl (C=O) groups excluding carboxylic acids is 1. The number of alkyl halides is 3. The lowest BCUT2D eigenvalue weighted by molar-refractivity contribution is -0.167. The smallest absolute Gasteiger partial charge is 0.316 e. The van der Waals surface area contributed by atoms with Crippen molar-refractivity contribution in [3.05, 3.63) is 60.4 Å². The number of amides is 1. The molecule has 0 atom stereocenters. The van der Waals surface area contributed by atoms with Gasteiger partial charge in [-0.05, 0) is 16.3 Å². The number of carbonyl (C=O) groups is 1. The second-order valence-corrected chi connectivity index (χ2v) is 5.02. The molecule has 0 bridgehead atoms. The number of nitrogens with one attached hydrogen (secondary N) is 1. The molecule has 1 heterocycles. The van der Waals surface area contributed by atoms with E-state index in [-0.39, 0.29) is 5.69 Å².